The van der Waals surface area contributed by atoms with E-state index in [1.165, 1.54) is 0 Å². The van der Waals surface area contributed by atoms with Crippen molar-refractivity contribution < 1.29 is 4.42 Å². The molecular weight excluding hydrogens is 192 g/mol. The van der Waals surface area contributed by atoms with Crippen molar-refractivity contribution in [1.29, 1.82) is 0 Å². The largest absolute Gasteiger partial charge is 0.408 e. The van der Waals surface area contributed by atoms with Gasteiger partial charge in [0.15, 0.2) is 0 Å². The SMILES string of the molecule is Nc1cccc(CCc2nnc(N)o2)c1. The van der Waals surface area contributed by atoms with Gasteiger partial charge in [0.05, 0.1) is 0 Å². The molecule has 0 spiro atoms. The van der Waals surface area contributed by atoms with Crippen molar-refractivity contribution in [1.82, 2.24) is 10.2 Å². The fourth-order valence-corrected chi connectivity index (χ4v) is 1.37. The average Bonchev–Trinajstić information content (AvgIpc) is 2.62. The van der Waals surface area contributed by atoms with Gasteiger partial charge >= 0.3 is 6.01 Å². The van der Waals surface area contributed by atoms with Gasteiger partial charge in [-0.3, -0.25) is 0 Å². The molecule has 0 saturated heterocycles. The van der Waals surface area contributed by atoms with Gasteiger partial charge in [0.2, 0.25) is 5.89 Å². The van der Waals surface area contributed by atoms with Gasteiger partial charge in [0.25, 0.3) is 0 Å². The maximum absolute atomic E-state index is 5.66. The highest BCUT2D eigenvalue weighted by Crippen LogP contribution is 2.10. The third-order valence-electron chi connectivity index (χ3n) is 2.06. The summed E-state index contributed by atoms with van der Waals surface area (Å²) in [6, 6.07) is 7.83. The molecule has 0 aliphatic heterocycles. The zero-order chi connectivity index (χ0) is 10.7. The minimum absolute atomic E-state index is 0.109. The highest BCUT2D eigenvalue weighted by atomic mass is 16.4. The monoisotopic (exact) mass is 204 g/mol. The van der Waals surface area contributed by atoms with Gasteiger partial charge in [-0.05, 0) is 24.1 Å². The number of aromatic nitrogens is 2. The number of rotatable bonds is 3. The predicted molar refractivity (Wildman–Crippen MR) is 57.0 cm³/mol. The maximum atomic E-state index is 5.66. The predicted octanol–water partition coefficient (Wildman–Crippen LogP) is 1.02. The number of nitrogen functional groups attached to an aromatic ring is 2. The summed E-state index contributed by atoms with van der Waals surface area (Å²) < 4.78 is 5.06. The van der Waals surface area contributed by atoms with Crippen LogP contribution >= 0.6 is 0 Å². The zero-order valence-electron chi connectivity index (χ0n) is 8.18. The van der Waals surface area contributed by atoms with Crippen molar-refractivity contribution >= 4 is 11.7 Å². The highest BCUT2D eigenvalue weighted by molar-refractivity contribution is 5.40. The summed E-state index contributed by atoms with van der Waals surface area (Å²) >= 11 is 0. The van der Waals surface area contributed by atoms with Crippen LogP contribution in [-0.4, -0.2) is 10.2 Å². The summed E-state index contributed by atoms with van der Waals surface area (Å²) in [5.74, 6) is 0.551. The first-order valence-electron chi connectivity index (χ1n) is 4.66. The summed E-state index contributed by atoms with van der Waals surface area (Å²) in [7, 11) is 0. The summed E-state index contributed by atoms with van der Waals surface area (Å²) in [5, 5.41) is 7.36. The number of hydrogen-bond acceptors (Lipinski definition) is 5. The Bertz CT molecular complexity index is 452. The second-order valence-corrected chi connectivity index (χ2v) is 3.28. The van der Waals surface area contributed by atoms with Gasteiger partial charge in [-0.25, -0.2) is 0 Å². The summed E-state index contributed by atoms with van der Waals surface area (Å²) in [6.45, 7) is 0. The molecule has 0 radical (unpaired) electrons. The molecule has 2 rings (SSSR count). The van der Waals surface area contributed by atoms with E-state index in [1.54, 1.807) is 0 Å². The lowest BCUT2D eigenvalue weighted by atomic mass is 10.1. The molecule has 0 unspecified atom stereocenters. The molecule has 0 aliphatic rings. The number of anilines is 2. The van der Waals surface area contributed by atoms with Crippen LogP contribution in [0.2, 0.25) is 0 Å². The van der Waals surface area contributed by atoms with Crippen LogP contribution in [-0.2, 0) is 12.8 Å². The Morgan fingerprint density at radius 1 is 1.13 bits per heavy atom. The van der Waals surface area contributed by atoms with E-state index in [1.807, 2.05) is 24.3 Å². The first-order chi connectivity index (χ1) is 7.24. The molecule has 0 atom stereocenters. The molecule has 78 valence electrons. The first-order valence-corrected chi connectivity index (χ1v) is 4.66. The Morgan fingerprint density at radius 3 is 2.67 bits per heavy atom. The van der Waals surface area contributed by atoms with Crippen LogP contribution in [0.15, 0.2) is 28.7 Å². The lowest BCUT2D eigenvalue weighted by molar-refractivity contribution is 0.509. The molecular formula is C10H12N4O. The third-order valence-corrected chi connectivity index (χ3v) is 2.06. The lowest BCUT2D eigenvalue weighted by Crippen LogP contribution is -1.93. The summed E-state index contributed by atoms with van der Waals surface area (Å²) in [4.78, 5) is 0. The topological polar surface area (TPSA) is 91.0 Å². The molecule has 0 saturated carbocycles. The van der Waals surface area contributed by atoms with Crippen LogP contribution in [0.4, 0.5) is 11.7 Å². The van der Waals surface area contributed by atoms with Crippen LogP contribution in [0, 0.1) is 0 Å². The van der Waals surface area contributed by atoms with Gasteiger partial charge < -0.3 is 15.9 Å². The molecule has 1 aromatic carbocycles. The van der Waals surface area contributed by atoms with Crippen LogP contribution in [0.25, 0.3) is 0 Å². The Morgan fingerprint density at radius 2 is 2.00 bits per heavy atom. The second-order valence-electron chi connectivity index (χ2n) is 3.28. The number of hydrogen-bond donors (Lipinski definition) is 2. The molecule has 2 aromatic rings. The fraction of sp³-hybridized carbons (Fsp3) is 0.200. The molecule has 5 heteroatoms. The van der Waals surface area contributed by atoms with Crippen LogP contribution in [0.1, 0.15) is 11.5 Å². The second kappa shape index (κ2) is 4.00. The average molecular weight is 204 g/mol. The normalized spacial score (nSPS) is 10.4. The van der Waals surface area contributed by atoms with E-state index in [4.69, 9.17) is 15.9 Å². The Balaban J connectivity index is 1.99. The smallest absolute Gasteiger partial charge is 0.312 e. The Labute approximate surface area is 87.1 Å². The van der Waals surface area contributed by atoms with Gasteiger partial charge in [-0.1, -0.05) is 17.2 Å². The fourth-order valence-electron chi connectivity index (χ4n) is 1.37. The van der Waals surface area contributed by atoms with Crippen molar-refractivity contribution in [3.05, 3.63) is 35.7 Å². The number of nitrogens with two attached hydrogens (primary N) is 2. The summed E-state index contributed by atoms with van der Waals surface area (Å²) in [6.07, 6.45) is 1.49. The van der Waals surface area contributed by atoms with Gasteiger partial charge in [0, 0.05) is 12.1 Å². The quantitative estimate of drug-likeness (QED) is 0.728. The standard InChI is InChI=1S/C10H12N4O/c11-8-3-1-2-7(6-8)4-5-9-13-14-10(12)15-9/h1-3,6H,4-5,11H2,(H2,12,14). The van der Waals surface area contributed by atoms with E-state index < -0.39 is 0 Å². The zero-order valence-corrected chi connectivity index (χ0v) is 8.18. The number of aryl methyl sites for hydroxylation is 2. The van der Waals surface area contributed by atoms with Gasteiger partial charge in [0.1, 0.15) is 0 Å². The van der Waals surface area contributed by atoms with E-state index in [0.29, 0.717) is 12.3 Å². The van der Waals surface area contributed by atoms with Gasteiger partial charge in [-0.2, -0.15) is 0 Å². The Hall–Kier alpha value is -2.04. The van der Waals surface area contributed by atoms with E-state index >= 15 is 0 Å². The molecule has 4 N–H and O–H groups in total. The minimum atomic E-state index is 0.109. The van der Waals surface area contributed by atoms with E-state index in [9.17, 15) is 0 Å². The number of benzene rings is 1. The molecule has 0 fully saturated rings. The Kier molecular flexibility index (Phi) is 2.53. The third kappa shape index (κ3) is 2.46. The van der Waals surface area contributed by atoms with Crippen molar-refractivity contribution in [2.45, 2.75) is 12.8 Å². The van der Waals surface area contributed by atoms with Crippen molar-refractivity contribution in [3.63, 3.8) is 0 Å². The molecule has 1 heterocycles. The number of nitrogens with zero attached hydrogens (tertiary/aromatic N) is 2. The minimum Gasteiger partial charge on any atom is -0.408 e. The van der Waals surface area contributed by atoms with Crippen molar-refractivity contribution in [2.75, 3.05) is 11.5 Å². The lowest BCUT2D eigenvalue weighted by Gasteiger charge is -1.99. The molecule has 15 heavy (non-hydrogen) atoms. The van der Waals surface area contributed by atoms with Crippen molar-refractivity contribution in [2.24, 2.45) is 0 Å². The summed E-state index contributed by atoms with van der Waals surface area (Å²) in [5.41, 5.74) is 12.9. The van der Waals surface area contributed by atoms with E-state index in [0.717, 1.165) is 17.7 Å². The van der Waals surface area contributed by atoms with Crippen molar-refractivity contribution in [3.8, 4) is 0 Å². The maximum Gasteiger partial charge on any atom is 0.312 e. The first kappa shape index (κ1) is 9.51. The molecule has 5 nitrogen and oxygen atoms in total. The van der Waals surface area contributed by atoms with Gasteiger partial charge in [-0.15, -0.1) is 5.10 Å². The molecule has 1 aromatic heterocycles. The highest BCUT2D eigenvalue weighted by Gasteiger charge is 2.03. The molecule has 0 aliphatic carbocycles. The van der Waals surface area contributed by atoms with E-state index in [2.05, 4.69) is 10.2 Å². The van der Waals surface area contributed by atoms with Crippen LogP contribution < -0.4 is 11.5 Å². The van der Waals surface area contributed by atoms with E-state index in [-0.39, 0.29) is 6.01 Å². The van der Waals surface area contributed by atoms with Crippen LogP contribution in [0.5, 0.6) is 0 Å². The van der Waals surface area contributed by atoms with Crippen LogP contribution in [0.3, 0.4) is 0 Å². The molecule has 0 amide bonds. The molecule has 0 bridgehead atoms.